The van der Waals surface area contributed by atoms with E-state index in [1.165, 1.54) is 28.5 Å². The normalized spacial score (nSPS) is 20.0. The summed E-state index contributed by atoms with van der Waals surface area (Å²) in [5, 5.41) is 8.49. The van der Waals surface area contributed by atoms with Gasteiger partial charge in [0.25, 0.3) is 0 Å². The van der Waals surface area contributed by atoms with Crippen LogP contribution in [0.3, 0.4) is 0 Å². The Balaban J connectivity index is 1.48. The molecule has 1 unspecified atom stereocenters. The Morgan fingerprint density at radius 2 is 1.64 bits per heavy atom. The Kier molecular flexibility index (Phi) is 4.46. The number of aromatic amines is 1. The highest BCUT2D eigenvalue weighted by molar-refractivity contribution is 5.78. The third-order valence-electron chi connectivity index (χ3n) is 6.12. The van der Waals surface area contributed by atoms with Crippen LogP contribution in [-0.4, -0.2) is 28.2 Å². The summed E-state index contributed by atoms with van der Waals surface area (Å²) in [5.41, 5.74) is 5.49. The van der Waals surface area contributed by atoms with E-state index in [1.807, 2.05) is 6.20 Å². The van der Waals surface area contributed by atoms with Crippen LogP contribution in [0.2, 0.25) is 0 Å². The van der Waals surface area contributed by atoms with E-state index in [4.69, 9.17) is 0 Å². The topological polar surface area (TPSA) is 31.9 Å². The minimum Gasteiger partial charge on any atom is -0.298 e. The van der Waals surface area contributed by atoms with Gasteiger partial charge in [-0.2, -0.15) is 5.10 Å². The predicted octanol–water partition coefficient (Wildman–Crippen LogP) is 4.95. The Labute approximate surface area is 166 Å². The highest BCUT2D eigenvalue weighted by atomic mass is 15.2. The summed E-state index contributed by atoms with van der Waals surface area (Å²) < 4.78 is 0. The summed E-state index contributed by atoms with van der Waals surface area (Å²) in [5.74, 6) is 0. The predicted molar refractivity (Wildman–Crippen MR) is 114 cm³/mol. The van der Waals surface area contributed by atoms with Crippen LogP contribution in [0.1, 0.15) is 23.1 Å². The number of nitrogens with one attached hydrogen (secondary N) is 1. The van der Waals surface area contributed by atoms with E-state index in [9.17, 15) is 0 Å². The minimum absolute atomic E-state index is 0.140. The molecule has 1 saturated heterocycles. The average molecular weight is 367 g/mol. The van der Waals surface area contributed by atoms with Crippen molar-refractivity contribution in [3.05, 3.63) is 102 Å². The Bertz CT molecular complexity index is 1050. The second-order valence-corrected chi connectivity index (χ2v) is 8.06. The zero-order valence-corrected chi connectivity index (χ0v) is 16.0. The lowest BCUT2D eigenvalue weighted by molar-refractivity contribution is 0.301. The van der Waals surface area contributed by atoms with E-state index in [-0.39, 0.29) is 5.41 Å². The number of hydrogen-bond acceptors (Lipinski definition) is 2. The first kappa shape index (κ1) is 17.2. The summed E-state index contributed by atoms with van der Waals surface area (Å²) in [6, 6.07) is 28.6. The van der Waals surface area contributed by atoms with Gasteiger partial charge in [-0.25, -0.2) is 0 Å². The highest BCUT2D eigenvalue weighted by Crippen LogP contribution is 2.39. The van der Waals surface area contributed by atoms with E-state index in [2.05, 4.69) is 94.0 Å². The first-order valence-corrected chi connectivity index (χ1v) is 10.0. The first-order valence-electron chi connectivity index (χ1n) is 10.0. The first-order chi connectivity index (χ1) is 13.8. The lowest BCUT2D eigenvalue weighted by Gasteiger charge is -2.31. The van der Waals surface area contributed by atoms with Gasteiger partial charge in [0.15, 0.2) is 0 Å². The highest BCUT2D eigenvalue weighted by Gasteiger charge is 2.39. The van der Waals surface area contributed by atoms with Gasteiger partial charge in [0.1, 0.15) is 0 Å². The van der Waals surface area contributed by atoms with Crippen LogP contribution in [0.25, 0.3) is 10.9 Å². The van der Waals surface area contributed by atoms with Crippen molar-refractivity contribution in [3.63, 3.8) is 0 Å². The van der Waals surface area contributed by atoms with Crippen LogP contribution in [0, 0.1) is 0 Å². The van der Waals surface area contributed by atoms with E-state index in [0.29, 0.717) is 0 Å². The zero-order chi connectivity index (χ0) is 18.8. The van der Waals surface area contributed by atoms with Crippen molar-refractivity contribution >= 4 is 10.9 Å². The zero-order valence-electron chi connectivity index (χ0n) is 16.0. The molecular formula is C25H25N3. The monoisotopic (exact) mass is 367 g/mol. The molecule has 1 aliphatic heterocycles. The van der Waals surface area contributed by atoms with E-state index in [0.717, 1.165) is 31.6 Å². The third-order valence-corrected chi connectivity index (χ3v) is 6.12. The van der Waals surface area contributed by atoms with Crippen molar-refractivity contribution in [3.8, 4) is 0 Å². The number of H-pyrrole nitrogens is 1. The van der Waals surface area contributed by atoms with Gasteiger partial charge < -0.3 is 0 Å². The van der Waals surface area contributed by atoms with Crippen LogP contribution in [0.5, 0.6) is 0 Å². The van der Waals surface area contributed by atoms with Gasteiger partial charge >= 0.3 is 0 Å². The molecule has 1 fully saturated rings. The van der Waals surface area contributed by atoms with E-state index >= 15 is 0 Å². The summed E-state index contributed by atoms with van der Waals surface area (Å²) >= 11 is 0. The molecule has 0 spiro atoms. The molecule has 1 aliphatic rings. The lowest BCUT2D eigenvalue weighted by Crippen LogP contribution is -2.33. The van der Waals surface area contributed by atoms with Crippen molar-refractivity contribution < 1.29 is 0 Å². The van der Waals surface area contributed by atoms with Gasteiger partial charge in [0, 0.05) is 23.9 Å². The summed E-state index contributed by atoms with van der Waals surface area (Å²) in [7, 11) is 0. The van der Waals surface area contributed by atoms with Crippen LogP contribution in [0.15, 0.2) is 85.1 Å². The smallest absolute Gasteiger partial charge is 0.0650 e. The van der Waals surface area contributed by atoms with E-state index in [1.54, 1.807) is 0 Å². The van der Waals surface area contributed by atoms with Gasteiger partial charge in [-0.05, 0) is 48.2 Å². The molecule has 1 atom stereocenters. The Morgan fingerprint density at radius 3 is 2.43 bits per heavy atom. The maximum atomic E-state index is 4.21. The number of benzene rings is 3. The SMILES string of the molecule is c1ccc(CN2CCC(Cc3ccccc3)(c3ccc4[nH]ncc4c3)C2)cc1. The number of fused-ring (bicyclic) bond motifs is 1. The van der Waals surface area contributed by atoms with Gasteiger partial charge in [-0.15, -0.1) is 0 Å². The molecule has 2 heterocycles. The molecule has 0 saturated carbocycles. The molecule has 3 nitrogen and oxygen atoms in total. The quantitative estimate of drug-likeness (QED) is 0.541. The van der Waals surface area contributed by atoms with Crippen LogP contribution in [0.4, 0.5) is 0 Å². The van der Waals surface area contributed by atoms with Gasteiger partial charge in [0.05, 0.1) is 11.7 Å². The number of hydrogen-bond donors (Lipinski definition) is 1. The molecule has 4 aromatic rings. The molecule has 0 amide bonds. The Morgan fingerprint density at radius 1 is 0.893 bits per heavy atom. The molecule has 1 N–H and O–H groups in total. The number of rotatable bonds is 5. The molecule has 3 aromatic carbocycles. The molecule has 0 aliphatic carbocycles. The molecule has 3 heteroatoms. The van der Waals surface area contributed by atoms with Gasteiger partial charge in [-0.3, -0.25) is 10.00 Å². The largest absolute Gasteiger partial charge is 0.298 e. The second kappa shape index (κ2) is 7.25. The van der Waals surface area contributed by atoms with Gasteiger partial charge in [-0.1, -0.05) is 66.7 Å². The van der Waals surface area contributed by atoms with Crippen molar-refractivity contribution in [2.75, 3.05) is 13.1 Å². The maximum Gasteiger partial charge on any atom is 0.0650 e. The molecule has 0 bridgehead atoms. The van der Waals surface area contributed by atoms with Crippen molar-refractivity contribution in [1.29, 1.82) is 0 Å². The van der Waals surface area contributed by atoms with E-state index < -0.39 is 0 Å². The van der Waals surface area contributed by atoms with Crippen LogP contribution in [-0.2, 0) is 18.4 Å². The molecule has 5 rings (SSSR count). The fourth-order valence-corrected chi connectivity index (χ4v) is 4.68. The number of likely N-dealkylation sites (tertiary alicyclic amines) is 1. The fraction of sp³-hybridized carbons (Fsp3) is 0.240. The van der Waals surface area contributed by atoms with Crippen molar-refractivity contribution in [2.45, 2.75) is 24.8 Å². The summed E-state index contributed by atoms with van der Waals surface area (Å²) in [4.78, 5) is 2.61. The molecule has 28 heavy (non-hydrogen) atoms. The molecule has 1 aromatic heterocycles. The molecule has 140 valence electrons. The second-order valence-electron chi connectivity index (χ2n) is 8.06. The van der Waals surface area contributed by atoms with Crippen molar-refractivity contribution in [2.24, 2.45) is 0 Å². The molecular weight excluding hydrogens is 342 g/mol. The number of aromatic nitrogens is 2. The van der Waals surface area contributed by atoms with Crippen molar-refractivity contribution in [1.82, 2.24) is 15.1 Å². The molecule has 0 radical (unpaired) electrons. The maximum absolute atomic E-state index is 4.21. The Hall–Kier alpha value is -2.91. The van der Waals surface area contributed by atoms with Gasteiger partial charge in [0.2, 0.25) is 0 Å². The minimum atomic E-state index is 0.140. The lowest BCUT2D eigenvalue weighted by atomic mass is 9.74. The average Bonchev–Trinajstić information content (AvgIpc) is 3.37. The standard InChI is InChI=1S/C25H25N3/c1-3-7-20(8-4-1)16-25(23-11-12-24-22(15-23)17-26-27-24)13-14-28(19-25)18-21-9-5-2-6-10-21/h1-12,15,17H,13-14,16,18-19H2,(H,26,27). The third kappa shape index (κ3) is 3.34. The summed E-state index contributed by atoms with van der Waals surface area (Å²) in [6.07, 6.45) is 4.19. The summed E-state index contributed by atoms with van der Waals surface area (Å²) in [6.45, 7) is 3.23. The van der Waals surface area contributed by atoms with Crippen LogP contribution < -0.4 is 0 Å². The van der Waals surface area contributed by atoms with Crippen LogP contribution >= 0.6 is 0 Å². The number of nitrogens with zero attached hydrogens (tertiary/aromatic N) is 2. The fourth-order valence-electron chi connectivity index (χ4n) is 4.68.